The predicted molar refractivity (Wildman–Crippen MR) is 100 cm³/mol. The van der Waals surface area contributed by atoms with E-state index in [2.05, 4.69) is 18.5 Å². The number of aliphatic hydroxyl groups excluding tert-OH is 1. The van der Waals surface area contributed by atoms with E-state index in [1.165, 1.54) is 6.07 Å². The highest BCUT2D eigenvalue weighted by Crippen LogP contribution is 2.16. The molecular formula is C20H21BFNO2. The van der Waals surface area contributed by atoms with Crippen LogP contribution in [-0.4, -0.2) is 25.6 Å². The molecule has 2 aromatic rings. The second-order valence-corrected chi connectivity index (χ2v) is 5.73. The monoisotopic (exact) mass is 337 g/mol. The van der Waals surface area contributed by atoms with Gasteiger partial charge in [0.05, 0.1) is 12.6 Å². The average molecular weight is 337 g/mol. The smallest absolute Gasteiger partial charge is 0.131 e. The van der Waals surface area contributed by atoms with Gasteiger partial charge in [0, 0.05) is 17.9 Å². The number of rotatable bonds is 9. The lowest BCUT2D eigenvalue weighted by atomic mass is 9.94. The lowest BCUT2D eigenvalue weighted by Gasteiger charge is -2.21. The molecule has 0 saturated heterocycles. The molecule has 3 nitrogen and oxygen atoms in total. The molecule has 1 unspecified atom stereocenters. The molecule has 0 fully saturated rings. The van der Waals surface area contributed by atoms with Gasteiger partial charge in [-0.05, 0) is 18.1 Å². The zero-order chi connectivity index (χ0) is 18.2. The zero-order valence-corrected chi connectivity index (χ0v) is 14.0. The molecule has 0 saturated carbocycles. The molecule has 0 aliphatic carbocycles. The molecule has 0 amide bonds. The van der Waals surface area contributed by atoms with Crippen molar-refractivity contribution < 1.29 is 14.2 Å². The molecule has 2 N–H and O–H groups in total. The molecule has 0 aliphatic heterocycles. The first-order valence-electron chi connectivity index (χ1n) is 7.97. The summed E-state index contributed by atoms with van der Waals surface area (Å²) in [4.78, 5) is 0. The van der Waals surface area contributed by atoms with Crippen LogP contribution in [0.3, 0.4) is 0 Å². The van der Waals surface area contributed by atoms with Crippen molar-refractivity contribution in [2.24, 2.45) is 0 Å². The Morgan fingerprint density at radius 1 is 1.20 bits per heavy atom. The van der Waals surface area contributed by atoms with Gasteiger partial charge in [-0.1, -0.05) is 61.1 Å². The average Bonchev–Trinajstić information content (AvgIpc) is 2.58. The maximum Gasteiger partial charge on any atom is 0.131 e. The van der Waals surface area contributed by atoms with Crippen LogP contribution >= 0.6 is 0 Å². The van der Waals surface area contributed by atoms with Crippen LogP contribution in [0.1, 0.15) is 17.5 Å². The lowest BCUT2D eigenvalue weighted by molar-refractivity contribution is 0.111. The number of halogens is 1. The van der Waals surface area contributed by atoms with Gasteiger partial charge in [0.15, 0.2) is 0 Å². The molecule has 0 aromatic heterocycles. The van der Waals surface area contributed by atoms with Gasteiger partial charge in [-0.2, -0.15) is 0 Å². The number of benzene rings is 2. The van der Waals surface area contributed by atoms with Crippen molar-refractivity contribution in [2.75, 3.05) is 6.61 Å². The van der Waals surface area contributed by atoms with Crippen molar-refractivity contribution in [3.63, 3.8) is 0 Å². The van der Waals surface area contributed by atoms with E-state index in [0.29, 0.717) is 36.4 Å². The Balaban J connectivity index is 1.87. The Kier molecular flexibility index (Phi) is 6.84. The van der Waals surface area contributed by atoms with Crippen LogP contribution in [0.25, 0.3) is 5.70 Å². The van der Waals surface area contributed by atoms with E-state index in [9.17, 15) is 9.50 Å². The topological polar surface area (TPSA) is 41.5 Å². The van der Waals surface area contributed by atoms with Crippen LogP contribution in [0.4, 0.5) is 4.39 Å². The van der Waals surface area contributed by atoms with Gasteiger partial charge in [-0.15, -0.1) is 0 Å². The van der Waals surface area contributed by atoms with Gasteiger partial charge in [0.25, 0.3) is 0 Å². The summed E-state index contributed by atoms with van der Waals surface area (Å²) in [6.45, 7) is 8.28. The second kappa shape index (κ2) is 9.09. The summed E-state index contributed by atoms with van der Waals surface area (Å²) in [5.41, 5.74) is 2.06. The Hall–Kier alpha value is -2.53. The standard InChI is InChI=1S/C20H21BFNO2/c1-14(18-9-8-17(21)12-19(18)22)23-20(15(2)24)10-11-25-13-16-6-4-3-5-7-16/h3-9,12,20,23-24H,1-2,10-11,13H2. The Bertz CT molecular complexity index is 734. The van der Waals surface area contributed by atoms with Crippen LogP contribution < -0.4 is 10.8 Å². The van der Waals surface area contributed by atoms with Gasteiger partial charge in [-0.3, -0.25) is 0 Å². The minimum Gasteiger partial charge on any atom is -0.511 e. The normalized spacial score (nSPS) is 11.7. The molecule has 2 rings (SSSR count). The number of hydrogen-bond acceptors (Lipinski definition) is 3. The summed E-state index contributed by atoms with van der Waals surface area (Å²) in [5.74, 6) is -0.527. The van der Waals surface area contributed by atoms with Crippen LogP contribution in [0.15, 0.2) is 67.4 Å². The van der Waals surface area contributed by atoms with Crippen molar-refractivity contribution in [2.45, 2.75) is 19.1 Å². The minimum absolute atomic E-state index is 0.0553. The molecule has 0 spiro atoms. The Morgan fingerprint density at radius 2 is 1.92 bits per heavy atom. The van der Waals surface area contributed by atoms with E-state index < -0.39 is 11.9 Å². The van der Waals surface area contributed by atoms with Crippen LogP contribution in [0.5, 0.6) is 0 Å². The number of hydrogen-bond donors (Lipinski definition) is 2. The van der Waals surface area contributed by atoms with Crippen molar-refractivity contribution in [3.05, 3.63) is 84.4 Å². The van der Waals surface area contributed by atoms with E-state index in [-0.39, 0.29) is 5.76 Å². The third kappa shape index (κ3) is 5.80. The predicted octanol–water partition coefficient (Wildman–Crippen LogP) is 3.23. The molecule has 128 valence electrons. The third-order valence-electron chi connectivity index (χ3n) is 3.73. The quantitative estimate of drug-likeness (QED) is 0.419. The fraction of sp³-hybridized carbons (Fsp3) is 0.200. The van der Waals surface area contributed by atoms with Crippen molar-refractivity contribution >= 4 is 19.0 Å². The molecule has 25 heavy (non-hydrogen) atoms. The van der Waals surface area contributed by atoms with Crippen molar-refractivity contribution in [1.82, 2.24) is 5.32 Å². The molecule has 0 bridgehead atoms. The van der Waals surface area contributed by atoms with Gasteiger partial charge in [0.2, 0.25) is 0 Å². The first kappa shape index (κ1) is 18.8. The van der Waals surface area contributed by atoms with E-state index >= 15 is 0 Å². The maximum atomic E-state index is 14.0. The van der Waals surface area contributed by atoms with Gasteiger partial charge in [0.1, 0.15) is 19.4 Å². The van der Waals surface area contributed by atoms with E-state index in [0.717, 1.165) is 5.56 Å². The van der Waals surface area contributed by atoms with E-state index in [1.807, 2.05) is 30.3 Å². The molecule has 0 aliphatic rings. The van der Waals surface area contributed by atoms with Crippen molar-refractivity contribution in [3.8, 4) is 0 Å². The summed E-state index contributed by atoms with van der Waals surface area (Å²) in [6.07, 6.45) is 0.470. The van der Waals surface area contributed by atoms with Crippen molar-refractivity contribution in [1.29, 1.82) is 0 Å². The fourth-order valence-electron chi connectivity index (χ4n) is 2.35. The highest BCUT2D eigenvalue weighted by atomic mass is 19.1. The van der Waals surface area contributed by atoms with E-state index in [4.69, 9.17) is 12.6 Å². The zero-order valence-electron chi connectivity index (χ0n) is 14.0. The first-order valence-corrected chi connectivity index (χ1v) is 7.97. The molecular weight excluding hydrogens is 316 g/mol. The highest BCUT2D eigenvalue weighted by molar-refractivity contribution is 6.32. The first-order chi connectivity index (χ1) is 12.0. The highest BCUT2D eigenvalue weighted by Gasteiger charge is 2.15. The molecule has 0 heterocycles. The molecule has 2 radical (unpaired) electrons. The minimum atomic E-state index is -0.486. The maximum absolute atomic E-state index is 14.0. The SMILES string of the molecule is [B]c1ccc(C(=C)NC(CCOCc2ccccc2)C(=C)O)c(F)c1. The lowest BCUT2D eigenvalue weighted by Crippen LogP contribution is -2.30. The summed E-state index contributed by atoms with van der Waals surface area (Å²) in [7, 11) is 5.55. The fourth-order valence-corrected chi connectivity index (χ4v) is 2.35. The number of aliphatic hydroxyl groups is 1. The Morgan fingerprint density at radius 3 is 2.56 bits per heavy atom. The summed E-state index contributed by atoms with van der Waals surface area (Å²) in [6, 6.07) is 13.7. The van der Waals surface area contributed by atoms with Crippen LogP contribution in [0, 0.1) is 5.82 Å². The summed E-state index contributed by atoms with van der Waals surface area (Å²) < 4.78 is 19.6. The molecule has 1 atom stereocenters. The van der Waals surface area contributed by atoms with Gasteiger partial charge < -0.3 is 15.2 Å². The summed E-state index contributed by atoms with van der Waals surface area (Å²) >= 11 is 0. The van der Waals surface area contributed by atoms with Gasteiger partial charge in [-0.25, -0.2) is 4.39 Å². The van der Waals surface area contributed by atoms with Crippen LogP contribution in [0.2, 0.25) is 0 Å². The van der Waals surface area contributed by atoms with Crippen LogP contribution in [-0.2, 0) is 11.3 Å². The molecule has 2 aromatic carbocycles. The Labute approximate surface area is 149 Å². The summed E-state index contributed by atoms with van der Waals surface area (Å²) in [5, 5.41) is 12.8. The second-order valence-electron chi connectivity index (χ2n) is 5.73. The van der Waals surface area contributed by atoms with E-state index in [1.54, 1.807) is 12.1 Å². The third-order valence-corrected chi connectivity index (χ3v) is 3.73. The number of ether oxygens (including phenoxy) is 1. The number of nitrogens with one attached hydrogen (secondary N) is 1. The largest absolute Gasteiger partial charge is 0.511 e. The van der Waals surface area contributed by atoms with Gasteiger partial charge >= 0.3 is 0 Å². The molecule has 5 heteroatoms.